The van der Waals surface area contributed by atoms with Gasteiger partial charge in [-0.05, 0) is 36.8 Å². The van der Waals surface area contributed by atoms with Crippen molar-refractivity contribution in [2.45, 2.75) is 13.3 Å². The van der Waals surface area contributed by atoms with Crippen molar-refractivity contribution in [3.8, 4) is 0 Å². The fourth-order valence-corrected chi connectivity index (χ4v) is 3.23. The maximum atomic E-state index is 13.1. The molecule has 27 heavy (non-hydrogen) atoms. The molecule has 5 nitrogen and oxygen atoms in total. The lowest BCUT2D eigenvalue weighted by Gasteiger charge is -2.22. The zero-order chi connectivity index (χ0) is 19.4. The van der Waals surface area contributed by atoms with Gasteiger partial charge in [0.2, 0.25) is 5.91 Å². The largest absolute Gasteiger partial charge is 0.341 e. The highest BCUT2D eigenvalue weighted by Crippen LogP contribution is 2.18. The summed E-state index contributed by atoms with van der Waals surface area (Å²) in [7, 11) is 0. The molecule has 0 atom stereocenters. The fourth-order valence-electron chi connectivity index (χ4n) is 3.23. The Hall–Kier alpha value is -3.02. The molecule has 2 amide bonds. The van der Waals surface area contributed by atoms with Crippen LogP contribution in [0.3, 0.4) is 0 Å². The highest BCUT2D eigenvalue weighted by Gasteiger charge is 2.25. The summed E-state index contributed by atoms with van der Waals surface area (Å²) in [6, 6.07) is 11.9. The molecule has 1 heterocycles. The second-order valence-corrected chi connectivity index (χ2v) is 6.53. The van der Waals surface area contributed by atoms with Crippen LogP contribution in [-0.4, -0.2) is 53.6 Å². The van der Waals surface area contributed by atoms with Gasteiger partial charge >= 0.3 is 0 Å². The molecule has 2 aromatic rings. The molecule has 1 fully saturated rings. The van der Waals surface area contributed by atoms with Gasteiger partial charge < -0.3 is 9.80 Å². The van der Waals surface area contributed by atoms with Crippen LogP contribution in [0.5, 0.6) is 0 Å². The first kappa shape index (κ1) is 18.8. The fraction of sp³-hybridized carbons (Fsp3) is 0.286. The number of halogens is 1. The molecule has 0 radical (unpaired) electrons. The van der Waals surface area contributed by atoms with Crippen LogP contribution in [0.4, 0.5) is 4.39 Å². The average Bonchev–Trinajstić information content (AvgIpc) is 2.94. The molecule has 0 N–H and O–H groups in total. The number of carbonyl (C=O) groups is 3. The summed E-state index contributed by atoms with van der Waals surface area (Å²) in [6.07, 6.45) is 0.694. The van der Waals surface area contributed by atoms with Gasteiger partial charge in [0.15, 0.2) is 5.78 Å². The summed E-state index contributed by atoms with van der Waals surface area (Å²) >= 11 is 0. The predicted octanol–water partition coefficient (Wildman–Crippen LogP) is 2.75. The molecule has 0 spiro atoms. The van der Waals surface area contributed by atoms with E-state index in [1.807, 2.05) is 0 Å². The summed E-state index contributed by atoms with van der Waals surface area (Å²) in [5.74, 6) is -0.975. The number of nitrogens with zero attached hydrogens (tertiary/aromatic N) is 2. The van der Waals surface area contributed by atoms with Gasteiger partial charge in [-0.2, -0.15) is 0 Å². The van der Waals surface area contributed by atoms with Crippen molar-refractivity contribution in [1.29, 1.82) is 0 Å². The molecule has 0 bridgehead atoms. The van der Waals surface area contributed by atoms with Crippen molar-refractivity contribution in [2.24, 2.45) is 0 Å². The van der Waals surface area contributed by atoms with E-state index in [0.717, 1.165) is 0 Å². The quantitative estimate of drug-likeness (QED) is 0.783. The third-order valence-corrected chi connectivity index (χ3v) is 4.74. The topological polar surface area (TPSA) is 57.7 Å². The number of hydrogen-bond acceptors (Lipinski definition) is 3. The molecule has 0 unspecified atom stereocenters. The SMILES string of the molecule is CC(=O)N1CCCN(C(=O)c2ccccc2C(=O)c2ccc(F)cc2)CC1. The van der Waals surface area contributed by atoms with Crippen molar-refractivity contribution >= 4 is 17.6 Å². The van der Waals surface area contributed by atoms with Crippen molar-refractivity contribution in [2.75, 3.05) is 26.2 Å². The normalized spacial score (nSPS) is 14.6. The molecule has 0 aliphatic carbocycles. The van der Waals surface area contributed by atoms with Crippen LogP contribution in [0.2, 0.25) is 0 Å². The van der Waals surface area contributed by atoms with Crippen LogP contribution in [-0.2, 0) is 4.79 Å². The molecule has 0 saturated carbocycles. The van der Waals surface area contributed by atoms with E-state index in [2.05, 4.69) is 0 Å². The van der Waals surface area contributed by atoms with Crippen molar-refractivity contribution in [3.63, 3.8) is 0 Å². The van der Waals surface area contributed by atoms with Gasteiger partial charge in [0.1, 0.15) is 5.82 Å². The van der Waals surface area contributed by atoms with E-state index < -0.39 is 5.82 Å². The second kappa shape index (κ2) is 8.12. The third kappa shape index (κ3) is 4.22. The van der Waals surface area contributed by atoms with E-state index in [9.17, 15) is 18.8 Å². The summed E-state index contributed by atoms with van der Waals surface area (Å²) in [5.41, 5.74) is 0.945. The Kier molecular flexibility index (Phi) is 5.64. The van der Waals surface area contributed by atoms with E-state index in [1.54, 1.807) is 34.1 Å². The van der Waals surface area contributed by atoms with Crippen LogP contribution in [0.1, 0.15) is 39.6 Å². The van der Waals surface area contributed by atoms with Crippen molar-refractivity contribution < 1.29 is 18.8 Å². The molecular formula is C21H21FN2O3. The Morgan fingerprint density at radius 3 is 2.07 bits per heavy atom. The molecule has 3 rings (SSSR count). The maximum Gasteiger partial charge on any atom is 0.254 e. The number of benzene rings is 2. The van der Waals surface area contributed by atoms with Gasteiger partial charge in [0.05, 0.1) is 5.56 Å². The molecule has 140 valence electrons. The Balaban J connectivity index is 1.85. The number of ketones is 1. The Bertz CT molecular complexity index is 864. The highest BCUT2D eigenvalue weighted by atomic mass is 19.1. The van der Waals surface area contributed by atoms with E-state index in [1.165, 1.54) is 31.2 Å². The van der Waals surface area contributed by atoms with Gasteiger partial charge in [0.25, 0.3) is 5.91 Å². The van der Waals surface area contributed by atoms with Gasteiger partial charge in [0, 0.05) is 44.2 Å². The van der Waals surface area contributed by atoms with Gasteiger partial charge in [-0.25, -0.2) is 4.39 Å². The Labute approximate surface area is 157 Å². The number of amides is 2. The zero-order valence-electron chi connectivity index (χ0n) is 15.2. The first-order valence-electron chi connectivity index (χ1n) is 8.91. The zero-order valence-corrected chi connectivity index (χ0v) is 15.2. The monoisotopic (exact) mass is 368 g/mol. The van der Waals surface area contributed by atoms with Crippen LogP contribution in [0.15, 0.2) is 48.5 Å². The summed E-state index contributed by atoms with van der Waals surface area (Å²) in [5, 5.41) is 0. The minimum Gasteiger partial charge on any atom is -0.341 e. The van der Waals surface area contributed by atoms with E-state index in [4.69, 9.17) is 0 Å². The lowest BCUT2D eigenvalue weighted by Crippen LogP contribution is -2.37. The standard InChI is InChI=1S/C21H21FN2O3/c1-15(25)23-11-4-12-24(14-13-23)21(27)19-6-3-2-5-18(19)20(26)16-7-9-17(22)10-8-16/h2-3,5-10H,4,11-14H2,1H3. The molecule has 2 aromatic carbocycles. The Morgan fingerprint density at radius 2 is 1.41 bits per heavy atom. The lowest BCUT2D eigenvalue weighted by atomic mass is 9.97. The average molecular weight is 368 g/mol. The lowest BCUT2D eigenvalue weighted by molar-refractivity contribution is -0.128. The minimum absolute atomic E-state index is 0.00353. The summed E-state index contributed by atoms with van der Waals surface area (Å²) in [6.45, 7) is 3.58. The second-order valence-electron chi connectivity index (χ2n) is 6.53. The van der Waals surface area contributed by atoms with Crippen LogP contribution in [0.25, 0.3) is 0 Å². The molecule has 1 aliphatic rings. The molecule has 6 heteroatoms. The first-order valence-corrected chi connectivity index (χ1v) is 8.91. The van der Waals surface area contributed by atoms with Crippen molar-refractivity contribution in [1.82, 2.24) is 9.80 Å². The van der Waals surface area contributed by atoms with Crippen LogP contribution in [0, 0.1) is 5.82 Å². The molecule has 1 saturated heterocycles. The molecule has 0 aromatic heterocycles. The molecular weight excluding hydrogens is 347 g/mol. The van der Waals surface area contributed by atoms with Crippen LogP contribution >= 0.6 is 0 Å². The van der Waals surface area contributed by atoms with Crippen LogP contribution < -0.4 is 0 Å². The first-order chi connectivity index (χ1) is 13.0. The van der Waals surface area contributed by atoms with E-state index in [0.29, 0.717) is 49.3 Å². The summed E-state index contributed by atoms with van der Waals surface area (Å²) < 4.78 is 13.1. The third-order valence-electron chi connectivity index (χ3n) is 4.74. The van der Waals surface area contributed by atoms with Gasteiger partial charge in [-0.3, -0.25) is 14.4 Å². The predicted molar refractivity (Wildman–Crippen MR) is 99.0 cm³/mol. The van der Waals surface area contributed by atoms with E-state index in [-0.39, 0.29) is 17.6 Å². The van der Waals surface area contributed by atoms with E-state index >= 15 is 0 Å². The van der Waals surface area contributed by atoms with Gasteiger partial charge in [-0.15, -0.1) is 0 Å². The minimum atomic E-state index is -0.421. The van der Waals surface area contributed by atoms with Gasteiger partial charge in [-0.1, -0.05) is 18.2 Å². The van der Waals surface area contributed by atoms with Crippen molar-refractivity contribution in [3.05, 3.63) is 71.0 Å². The smallest absolute Gasteiger partial charge is 0.254 e. The molecule has 1 aliphatic heterocycles. The summed E-state index contributed by atoms with van der Waals surface area (Å²) in [4.78, 5) is 40.9. The number of carbonyl (C=O) groups excluding carboxylic acids is 3. The maximum absolute atomic E-state index is 13.1. The number of rotatable bonds is 3. The Morgan fingerprint density at radius 1 is 0.815 bits per heavy atom. The number of hydrogen-bond donors (Lipinski definition) is 0. The highest BCUT2D eigenvalue weighted by molar-refractivity contribution is 6.15.